The fourth-order valence-electron chi connectivity index (χ4n) is 2.69. The molecule has 2 aromatic rings. The van der Waals surface area contributed by atoms with Crippen LogP contribution in [-0.4, -0.2) is 32.0 Å². The maximum atomic E-state index is 14.1. The van der Waals surface area contributed by atoms with Gasteiger partial charge in [-0.15, -0.1) is 11.3 Å². The number of halogens is 3. The average Bonchev–Trinajstić information content (AvgIpc) is 3.25. The lowest BCUT2D eigenvalue weighted by molar-refractivity contribution is 0.0927. The second kappa shape index (κ2) is 7.45. The topological polar surface area (TPSA) is 46.6 Å². The highest BCUT2D eigenvalue weighted by atomic mass is 32.2. The molecule has 4 nitrogen and oxygen atoms in total. The fraction of sp³-hybridized carbons (Fsp3) is 0.375. The summed E-state index contributed by atoms with van der Waals surface area (Å²) < 4.78 is 73.0. The summed E-state index contributed by atoms with van der Waals surface area (Å²) in [5.74, 6) is -4.93. The van der Waals surface area contributed by atoms with Gasteiger partial charge in [-0.3, -0.25) is 0 Å². The number of sulfonamides is 1. The van der Waals surface area contributed by atoms with Crippen molar-refractivity contribution < 1.29 is 26.3 Å². The molecule has 1 aliphatic heterocycles. The molecule has 0 spiro atoms. The SMILES string of the molecule is O=S(=O)(c1ccc(F)c(F)c1F)N(Cc1cccs1)C[C@@H]1CCCO1. The number of thiophene rings is 1. The van der Waals surface area contributed by atoms with Crippen molar-refractivity contribution in [2.24, 2.45) is 0 Å². The zero-order valence-corrected chi connectivity index (χ0v) is 14.8. The van der Waals surface area contributed by atoms with Gasteiger partial charge >= 0.3 is 0 Å². The molecule has 1 aliphatic rings. The van der Waals surface area contributed by atoms with E-state index in [2.05, 4.69) is 0 Å². The van der Waals surface area contributed by atoms with Crippen LogP contribution in [0.3, 0.4) is 0 Å². The minimum absolute atomic E-state index is 0.0122. The van der Waals surface area contributed by atoms with Crippen LogP contribution in [0.15, 0.2) is 34.5 Å². The van der Waals surface area contributed by atoms with Crippen LogP contribution in [0.1, 0.15) is 17.7 Å². The molecule has 2 heterocycles. The summed E-state index contributed by atoms with van der Waals surface area (Å²) in [6.45, 7) is 0.577. The summed E-state index contributed by atoms with van der Waals surface area (Å²) >= 11 is 1.36. The predicted molar refractivity (Wildman–Crippen MR) is 87.2 cm³/mol. The summed E-state index contributed by atoms with van der Waals surface area (Å²) in [4.78, 5) is -0.120. The molecule has 0 N–H and O–H groups in total. The minimum Gasteiger partial charge on any atom is -0.377 e. The van der Waals surface area contributed by atoms with E-state index in [4.69, 9.17) is 4.74 Å². The minimum atomic E-state index is -4.36. The number of hydrogen-bond acceptors (Lipinski definition) is 4. The quantitative estimate of drug-likeness (QED) is 0.708. The molecule has 3 rings (SSSR count). The van der Waals surface area contributed by atoms with E-state index in [1.54, 1.807) is 17.5 Å². The lowest BCUT2D eigenvalue weighted by atomic mass is 10.2. The molecule has 1 aromatic carbocycles. The molecular formula is C16H16F3NO3S2. The predicted octanol–water partition coefficient (Wildman–Crippen LogP) is 3.54. The molecule has 0 amide bonds. The summed E-state index contributed by atoms with van der Waals surface area (Å²) in [6.07, 6.45) is 1.21. The number of nitrogens with zero attached hydrogens (tertiary/aromatic N) is 1. The summed E-state index contributed by atoms with van der Waals surface area (Å²) in [5.41, 5.74) is 0. The molecule has 9 heteroatoms. The first kappa shape index (κ1) is 18.4. The highest BCUT2D eigenvalue weighted by Crippen LogP contribution is 2.27. The Morgan fingerprint density at radius 3 is 2.64 bits per heavy atom. The van der Waals surface area contributed by atoms with Crippen molar-refractivity contribution in [1.29, 1.82) is 0 Å². The van der Waals surface area contributed by atoms with E-state index in [0.717, 1.165) is 21.7 Å². The van der Waals surface area contributed by atoms with Crippen LogP contribution in [0.2, 0.25) is 0 Å². The van der Waals surface area contributed by atoms with Gasteiger partial charge in [-0.25, -0.2) is 21.6 Å². The first-order chi connectivity index (χ1) is 11.9. The second-order valence-corrected chi connectivity index (χ2v) is 8.62. The molecule has 1 atom stereocenters. The monoisotopic (exact) mass is 391 g/mol. The Kier molecular flexibility index (Phi) is 5.47. The van der Waals surface area contributed by atoms with Crippen LogP contribution in [0.25, 0.3) is 0 Å². The molecule has 0 aliphatic carbocycles. The maximum absolute atomic E-state index is 14.1. The van der Waals surface area contributed by atoms with Crippen LogP contribution in [0.4, 0.5) is 13.2 Å². The Morgan fingerprint density at radius 1 is 1.20 bits per heavy atom. The Hall–Kier alpha value is -1.42. The van der Waals surface area contributed by atoms with Gasteiger partial charge in [-0.05, 0) is 36.4 Å². The fourth-order valence-corrected chi connectivity index (χ4v) is 4.99. The van der Waals surface area contributed by atoms with E-state index >= 15 is 0 Å². The van der Waals surface area contributed by atoms with Crippen molar-refractivity contribution in [3.05, 3.63) is 52.0 Å². The number of hydrogen-bond donors (Lipinski definition) is 0. The first-order valence-electron chi connectivity index (χ1n) is 7.67. The molecule has 136 valence electrons. The zero-order chi connectivity index (χ0) is 18.0. The van der Waals surface area contributed by atoms with Gasteiger partial charge in [0.2, 0.25) is 10.0 Å². The third-order valence-corrected chi connectivity index (χ3v) is 6.65. The Labute approximate surface area is 147 Å². The van der Waals surface area contributed by atoms with Crippen molar-refractivity contribution in [3.63, 3.8) is 0 Å². The van der Waals surface area contributed by atoms with Crippen LogP contribution >= 0.6 is 11.3 Å². The van der Waals surface area contributed by atoms with Crippen molar-refractivity contribution in [2.75, 3.05) is 13.2 Å². The molecule has 1 saturated heterocycles. The molecule has 0 bridgehead atoms. The van der Waals surface area contributed by atoms with E-state index in [1.807, 2.05) is 0 Å². The molecule has 1 aromatic heterocycles. The van der Waals surface area contributed by atoms with E-state index in [9.17, 15) is 21.6 Å². The molecule has 1 fully saturated rings. The van der Waals surface area contributed by atoms with Gasteiger partial charge in [0.25, 0.3) is 0 Å². The van der Waals surface area contributed by atoms with Crippen LogP contribution in [-0.2, 0) is 21.3 Å². The Balaban J connectivity index is 1.96. The molecular weight excluding hydrogens is 375 g/mol. The van der Waals surface area contributed by atoms with Crippen molar-refractivity contribution >= 4 is 21.4 Å². The lowest BCUT2D eigenvalue weighted by Crippen LogP contribution is -2.37. The highest BCUT2D eigenvalue weighted by molar-refractivity contribution is 7.89. The van der Waals surface area contributed by atoms with Gasteiger partial charge < -0.3 is 4.74 Å². The van der Waals surface area contributed by atoms with Crippen LogP contribution in [0.5, 0.6) is 0 Å². The Bertz CT molecular complexity index is 835. The van der Waals surface area contributed by atoms with Crippen molar-refractivity contribution in [3.8, 4) is 0 Å². The zero-order valence-electron chi connectivity index (χ0n) is 13.1. The molecule has 0 unspecified atom stereocenters. The summed E-state index contributed by atoms with van der Waals surface area (Å²) in [7, 11) is -4.36. The van der Waals surface area contributed by atoms with Crippen LogP contribution in [0, 0.1) is 17.5 Å². The average molecular weight is 391 g/mol. The van der Waals surface area contributed by atoms with Gasteiger partial charge in [0.1, 0.15) is 4.90 Å². The van der Waals surface area contributed by atoms with Gasteiger partial charge in [-0.1, -0.05) is 6.07 Å². The van der Waals surface area contributed by atoms with E-state index < -0.39 is 32.4 Å². The van der Waals surface area contributed by atoms with Gasteiger partial charge in [-0.2, -0.15) is 4.31 Å². The third-order valence-electron chi connectivity index (χ3n) is 3.96. The standard InChI is InChI=1S/C16H16F3NO3S2/c17-13-5-6-14(16(19)15(13)18)25(21,22)20(9-11-3-1-7-23-11)10-12-4-2-8-24-12/h2,4-6,8,11H,1,3,7,9-10H2/t11-/m0/s1. The highest BCUT2D eigenvalue weighted by Gasteiger charge is 2.33. The largest absolute Gasteiger partial charge is 0.377 e. The van der Waals surface area contributed by atoms with Crippen LogP contribution < -0.4 is 0 Å². The Morgan fingerprint density at radius 2 is 2.00 bits per heavy atom. The summed E-state index contributed by atoms with van der Waals surface area (Å²) in [5, 5.41) is 1.80. The number of rotatable bonds is 6. The second-order valence-electron chi connectivity index (χ2n) is 5.69. The van der Waals surface area contributed by atoms with E-state index in [1.165, 1.54) is 11.3 Å². The van der Waals surface area contributed by atoms with Gasteiger partial charge in [0.15, 0.2) is 17.5 Å². The van der Waals surface area contributed by atoms with Gasteiger partial charge in [0.05, 0.1) is 6.10 Å². The molecule has 25 heavy (non-hydrogen) atoms. The normalized spacial score (nSPS) is 18.2. The number of ether oxygens (including phenoxy) is 1. The third kappa shape index (κ3) is 3.89. The van der Waals surface area contributed by atoms with Crippen molar-refractivity contribution in [2.45, 2.75) is 30.4 Å². The summed E-state index contributed by atoms with van der Waals surface area (Å²) in [6, 6.07) is 4.89. The maximum Gasteiger partial charge on any atom is 0.246 e. The molecule has 0 saturated carbocycles. The van der Waals surface area contributed by atoms with Gasteiger partial charge in [0, 0.05) is 24.6 Å². The smallest absolute Gasteiger partial charge is 0.246 e. The van der Waals surface area contributed by atoms with Crippen molar-refractivity contribution in [1.82, 2.24) is 4.31 Å². The first-order valence-corrected chi connectivity index (χ1v) is 9.99. The van der Waals surface area contributed by atoms with E-state index in [0.29, 0.717) is 19.1 Å². The molecule has 0 radical (unpaired) electrons. The lowest BCUT2D eigenvalue weighted by Gasteiger charge is -2.24. The van der Waals surface area contributed by atoms with E-state index in [-0.39, 0.29) is 19.2 Å². The number of benzene rings is 1.